The lowest BCUT2D eigenvalue weighted by Crippen LogP contribution is -2.36. The quantitative estimate of drug-likeness (QED) is 0.504. The zero-order valence-electron chi connectivity index (χ0n) is 6.48. The summed E-state index contributed by atoms with van der Waals surface area (Å²) in [6.07, 6.45) is 6.00. The fourth-order valence-electron chi connectivity index (χ4n) is 2.21. The molecule has 0 heterocycles. The van der Waals surface area contributed by atoms with Gasteiger partial charge in [-0.25, -0.2) is 0 Å². The zero-order chi connectivity index (χ0) is 7.84. The van der Waals surface area contributed by atoms with Crippen LogP contribution in [0.1, 0.15) is 19.3 Å². The third kappa shape index (κ3) is 1.21. The summed E-state index contributed by atoms with van der Waals surface area (Å²) in [5.74, 6) is 1.14. The largest absolute Gasteiger partial charge is 0.390 e. The lowest BCUT2D eigenvalue weighted by atomic mass is 9.78. The molecule has 11 heavy (non-hydrogen) atoms. The molecule has 0 radical (unpaired) electrons. The molecule has 2 nitrogen and oxygen atoms in total. The zero-order valence-corrected chi connectivity index (χ0v) is 6.48. The fourth-order valence-corrected chi connectivity index (χ4v) is 2.21. The van der Waals surface area contributed by atoms with Gasteiger partial charge in [0, 0.05) is 0 Å². The van der Waals surface area contributed by atoms with Gasteiger partial charge in [-0.2, -0.15) is 0 Å². The predicted molar refractivity (Wildman–Crippen MR) is 42.0 cm³/mol. The predicted octanol–water partition coefficient (Wildman–Crippen LogP) is 0.694. The van der Waals surface area contributed by atoms with Gasteiger partial charge in [-0.05, 0) is 31.1 Å². The van der Waals surface area contributed by atoms with Crippen LogP contribution in [0.2, 0.25) is 0 Å². The number of fused-ring (bicyclic) bond motifs is 1. The first kappa shape index (κ1) is 7.32. The Morgan fingerprint density at radius 1 is 1.09 bits per heavy atom. The first-order valence-electron chi connectivity index (χ1n) is 4.30. The standard InChI is InChI=1S/C9H14O2/c10-8-4-6-2-1-3-7(6)5-9(8)11/h1-2,6-11H,3-5H2/t6-,7+,8-,9+/m0/s1. The Balaban J connectivity index is 2.04. The van der Waals surface area contributed by atoms with Crippen molar-refractivity contribution >= 4 is 0 Å². The minimum Gasteiger partial charge on any atom is -0.390 e. The van der Waals surface area contributed by atoms with E-state index in [2.05, 4.69) is 12.2 Å². The average Bonchev–Trinajstić information content (AvgIpc) is 2.36. The summed E-state index contributed by atoms with van der Waals surface area (Å²) >= 11 is 0. The number of aliphatic hydroxyl groups excluding tert-OH is 2. The Morgan fingerprint density at radius 2 is 1.82 bits per heavy atom. The molecule has 1 saturated carbocycles. The average molecular weight is 154 g/mol. The smallest absolute Gasteiger partial charge is 0.0804 e. The number of aliphatic hydroxyl groups is 2. The summed E-state index contributed by atoms with van der Waals surface area (Å²) in [4.78, 5) is 0. The van der Waals surface area contributed by atoms with Crippen LogP contribution in [0, 0.1) is 11.8 Å². The van der Waals surface area contributed by atoms with Gasteiger partial charge in [-0.15, -0.1) is 0 Å². The van der Waals surface area contributed by atoms with E-state index < -0.39 is 12.2 Å². The highest BCUT2D eigenvalue weighted by atomic mass is 16.3. The Hall–Kier alpha value is -0.340. The molecule has 2 heteroatoms. The molecule has 4 atom stereocenters. The van der Waals surface area contributed by atoms with E-state index in [4.69, 9.17) is 0 Å². The molecule has 2 rings (SSSR count). The monoisotopic (exact) mass is 154 g/mol. The topological polar surface area (TPSA) is 40.5 Å². The van der Waals surface area contributed by atoms with E-state index in [1.54, 1.807) is 0 Å². The minimum absolute atomic E-state index is 0.476. The van der Waals surface area contributed by atoms with E-state index in [1.165, 1.54) is 0 Å². The SMILES string of the molecule is O[C@@H]1C[C@H]2CC=C[C@H]2C[C@@H]1O. The molecule has 0 aliphatic heterocycles. The second kappa shape index (κ2) is 2.61. The van der Waals surface area contributed by atoms with Crippen LogP contribution < -0.4 is 0 Å². The van der Waals surface area contributed by atoms with Crippen molar-refractivity contribution in [2.24, 2.45) is 11.8 Å². The van der Waals surface area contributed by atoms with Gasteiger partial charge in [0.2, 0.25) is 0 Å². The number of hydrogen-bond acceptors (Lipinski definition) is 2. The molecule has 0 unspecified atom stereocenters. The molecule has 2 aliphatic carbocycles. The molecule has 0 amide bonds. The van der Waals surface area contributed by atoms with Crippen molar-refractivity contribution in [2.45, 2.75) is 31.5 Å². The van der Waals surface area contributed by atoms with Crippen LogP contribution >= 0.6 is 0 Å². The van der Waals surface area contributed by atoms with Crippen LogP contribution in [0.5, 0.6) is 0 Å². The van der Waals surface area contributed by atoms with Crippen molar-refractivity contribution in [3.63, 3.8) is 0 Å². The lowest BCUT2D eigenvalue weighted by molar-refractivity contribution is -0.0360. The van der Waals surface area contributed by atoms with E-state index in [0.29, 0.717) is 11.8 Å². The molecule has 0 aromatic heterocycles. The minimum atomic E-state index is -0.487. The van der Waals surface area contributed by atoms with Crippen molar-refractivity contribution in [3.8, 4) is 0 Å². The number of hydrogen-bond donors (Lipinski definition) is 2. The van der Waals surface area contributed by atoms with E-state index in [0.717, 1.165) is 19.3 Å². The van der Waals surface area contributed by atoms with E-state index in [9.17, 15) is 10.2 Å². The van der Waals surface area contributed by atoms with E-state index in [1.807, 2.05) is 0 Å². The summed E-state index contributed by atoms with van der Waals surface area (Å²) in [6, 6.07) is 0. The molecule has 0 aromatic rings. The van der Waals surface area contributed by atoms with Crippen molar-refractivity contribution in [3.05, 3.63) is 12.2 Å². The molecule has 2 N–H and O–H groups in total. The second-order valence-corrected chi connectivity index (χ2v) is 3.69. The summed E-state index contributed by atoms with van der Waals surface area (Å²) in [7, 11) is 0. The summed E-state index contributed by atoms with van der Waals surface area (Å²) in [5.41, 5.74) is 0. The van der Waals surface area contributed by atoms with Crippen molar-refractivity contribution in [1.29, 1.82) is 0 Å². The van der Waals surface area contributed by atoms with Gasteiger partial charge in [0.1, 0.15) is 0 Å². The molecule has 1 fully saturated rings. The Bertz CT molecular complexity index is 176. The highest BCUT2D eigenvalue weighted by molar-refractivity contribution is 5.05. The van der Waals surface area contributed by atoms with Crippen LogP contribution in [0.15, 0.2) is 12.2 Å². The van der Waals surface area contributed by atoms with Gasteiger partial charge in [0.25, 0.3) is 0 Å². The molecule has 0 aromatic carbocycles. The normalized spacial score (nSPS) is 49.3. The van der Waals surface area contributed by atoms with Crippen molar-refractivity contribution < 1.29 is 10.2 Å². The maximum atomic E-state index is 9.35. The first-order valence-corrected chi connectivity index (χ1v) is 4.30. The van der Waals surface area contributed by atoms with Gasteiger partial charge in [0.05, 0.1) is 12.2 Å². The third-order valence-corrected chi connectivity index (χ3v) is 2.93. The first-order chi connectivity index (χ1) is 5.27. The molecule has 62 valence electrons. The summed E-state index contributed by atoms with van der Waals surface area (Å²) in [6.45, 7) is 0. The van der Waals surface area contributed by atoms with Gasteiger partial charge in [-0.1, -0.05) is 12.2 Å². The van der Waals surface area contributed by atoms with Crippen LogP contribution in [-0.4, -0.2) is 22.4 Å². The van der Waals surface area contributed by atoms with Crippen LogP contribution in [-0.2, 0) is 0 Å². The summed E-state index contributed by atoms with van der Waals surface area (Å²) < 4.78 is 0. The van der Waals surface area contributed by atoms with Crippen LogP contribution in [0.4, 0.5) is 0 Å². The maximum Gasteiger partial charge on any atom is 0.0804 e. The van der Waals surface area contributed by atoms with Crippen molar-refractivity contribution in [1.82, 2.24) is 0 Å². The fraction of sp³-hybridized carbons (Fsp3) is 0.778. The Kier molecular flexibility index (Phi) is 1.74. The number of rotatable bonds is 0. The molecule has 2 aliphatic rings. The van der Waals surface area contributed by atoms with E-state index >= 15 is 0 Å². The van der Waals surface area contributed by atoms with Gasteiger partial charge in [-0.3, -0.25) is 0 Å². The van der Waals surface area contributed by atoms with Crippen LogP contribution in [0.3, 0.4) is 0 Å². The highest BCUT2D eigenvalue weighted by Crippen LogP contribution is 2.37. The van der Waals surface area contributed by atoms with Gasteiger partial charge in [0.15, 0.2) is 0 Å². The Morgan fingerprint density at radius 3 is 2.64 bits per heavy atom. The molecule has 0 saturated heterocycles. The maximum absolute atomic E-state index is 9.35. The van der Waals surface area contributed by atoms with E-state index in [-0.39, 0.29) is 0 Å². The van der Waals surface area contributed by atoms with Crippen LogP contribution in [0.25, 0.3) is 0 Å². The Labute approximate surface area is 66.5 Å². The molecule has 0 bridgehead atoms. The lowest BCUT2D eigenvalue weighted by Gasteiger charge is -2.32. The third-order valence-electron chi connectivity index (χ3n) is 2.93. The van der Waals surface area contributed by atoms with Gasteiger partial charge < -0.3 is 10.2 Å². The summed E-state index contributed by atoms with van der Waals surface area (Å²) in [5, 5.41) is 18.7. The van der Waals surface area contributed by atoms with Crippen molar-refractivity contribution in [2.75, 3.05) is 0 Å². The highest BCUT2D eigenvalue weighted by Gasteiger charge is 2.35. The molecule has 0 spiro atoms. The van der Waals surface area contributed by atoms with Gasteiger partial charge >= 0.3 is 0 Å². The molecular weight excluding hydrogens is 140 g/mol. The second-order valence-electron chi connectivity index (χ2n) is 3.69. The number of allylic oxidation sites excluding steroid dienone is 2. The molecular formula is C9H14O2.